The molecular formula is C16H28N2O3. The van der Waals surface area contributed by atoms with Crippen LogP contribution in [-0.4, -0.2) is 47.0 Å². The molecule has 1 saturated heterocycles. The van der Waals surface area contributed by atoms with Crippen molar-refractivity contribution in [3.63, 3.8) is 0 Å². The van der Waals surface area contributed by atoms with Gasteiger partial charge in [0.25, 0.3) is 0 Å². The fourth-order valence-electron chi connectivity index (χ4n) is 3.43. The molecule has 2 amide bonds. The van der Waals surface area contributed by atoms with Crippen molar-refractivity contribution in [3.05, 3.63) is 0 Å². The van der Waals surface area contributed by atoms with Crippen LogP contribution in [0.3, 0.4) is 0 Å². The first kappa shape index (κ1) is 16.3. The number of rotatable bonds is 5. The zero-order valence-electron chi connectivity index (χ0n) is 13.7. The minimum Gasteiger partial charge on any atom is -0.377 e. The van der Waals surface area contributed by atoms with Gasteiger partial charge in [-0.15, -0.1) is 0 Å². The van der Waals surface area contributed by atoms with Crippen LogP contribution in [0.1, 0.15) is 59.8 Å². The molecule has 0 radical (unpaired) electrons. The first-order valence-corrected chi connectivity index (χ1v) is 8.12. The fraction of sp³-hybridized carbons (Fsp3) is 0.875. The predicted octanol–water partition coefficient (Wildman–Crippen LogP) is 1.85. The van der Waals surface area contributed by atoms with Crippen molar-refractivity contribution in [2.75, 3.05) is 13.2 Å². The highest BCUT2D eigenvalue weighted by atomic mass is 16.5. The van der Waals surface area contributed by atoms with Gasteiger partial charge in [-0.1, -0.05) is 19.8 Å². The summed E-state index contributed by atoms with van der Waals surface area (Å²) in [5.74, 6) is 0.0624. The van der Waals surface area contributed by atoms with Crippen molar-refractivity contribution < 1.29 is 14.3 Å². The maximum absolute atomic E-state index is 12.9. The number of hydrogen-bond donors (Lipinski definition) is 1. The van der Waals surface area contributed by atoms with Crippen LogP contribution in [0.15, 0.2) is 0 Å². The molecule has 1 saturated carbocycles. The van der Waals surface area contributed by atoms with Gasteiger partial charge in [0.2, 0.25) is 11.8 Å². The van der Waals surface area contributed by atoms with E-state index in [1.165, 1.54) is 0 Å². The lowest BCUT2D eigenvalue weighted by Crippen LogP contribution is -2.74. The Morgan fingerprint density at radius 1 is 1.29 bits per heavy atom. The van der Waals surface area contributed by atoms with Gasteiger partial charge in [0, 0.05) is 6.54 Å². The molecule has 1 spiro atoms. The number of nitrogens with one attached hydrogen (secondary N) is 1. The highest BCUT2D eigenvalue weighted by Gasteiger charge is 2.56. The third-order valence-corrected chi connectivity index (χ3v) is 4.95. The molecule has 0 aromatic heterocycles. The van der Waals surface area contributed by atoms with Gasteiger partial charge in [0.05, 0.1) is 12.7 Å². The predicted molar refractivity (Wildman–Crippen MR) is 80.8 cm³/mol. The van der Waals surface area contributed by atoms with Gasteiger partial charge in [-0.05, 0) is 40.0 Å². The number of hydrogen-bond acceptors (Lipinski definition) is 3. The zero-order chi connectivity index (χ0) is 15.7. The summed E-state index contributed by atoms with van der Waals surface area (Å²) < 4.78 is 5.61. The summed E-state index contributed by atoms with van der Waals surface area (Å²) in [4.78, 5) is 27.4. The Balaban J connectivity index is 2.23. The van der Waals surface area contributed by atoms with Crippen molar-refractivity contribution in [2.45, 2.75) is 77.0 Å². The highest BCUT2D eigenvalue weighted by molar-refractivity contribution is 6.02. The Morgan fingerprint density at radius 3 is 2.43 bits per heavy atom. The van der Waals surface area contributed by atoms with Gasteiger partial charge in [0.1, 0.15) is 11.1 Å². The SMILES string of the molecule is CCC1(C)NC(=O)C2(CCCC2)N(CCOC(C)C)C1=O. The summed E-state index contributed by atoms with van der Waals surface area (Å²) in [6.45, 7) is 8.70. The summed E-state index contributed by atoms with van der Waals surface area (Å²) in [7, 11) is 0. The van der Waals surface area contributed by atoms with E-state index in [0.29, 0.717) is 19.6 Å². The van der Waals surface area contributed by atoms with E-state index in [-0.39, 0.29) is 17.9 Å². The molecule has 0 bridgehead atoms. The van der Waals surface area contributed by atoms with Crippen molar-refractivity contribution in [1.82, 2.24) is 10.2 Å². The van der Waals surface area contributed by atoms with E-state index in [0.717, 1.165) is 25.7 Å². The molecule has 21 heavy (non-hydrogen) atoms. The summed E-state index contributed by atoms with van der Waals surface area (Å²) >= 11 is 0. The quantitative estimate of drug-likeness (QED) is 0.842. The average molecular weight is 296 g/mol. The van der Waals surface area contributed by atoms with Crippen LogP contribution in [0.2, 0.25) is 0 Å². The largest absolute Gasteiger partial charge is 0.377 e. The Morgan fingerprint density at radius 2 is 1.90 bits per heavy atom. The van der Waals surface area contributed by atoms with Crippen LogP contribution in [0.25, 0.3) is 0 Å². The maximum Gasteiger partial charge on any atom is 0.249 e. The summed E-state index contributed by atoms with van der Waals surface area (Å²) in [5.41, 5.74) is -1.41. The highest BCUT2D eigenvalue weighted by Crippen LogP contribution is 2.40. The second kappa shape index (κ2) is 5.95. The number of carbonyl (C=O) groups excluding carboxylic acids is 2. The molecule has 0 aromatic carbocycles. The van der Waals surface area contributed by atoms with Gasteiger partial charge < -0.3 is 15.0 Å². The van der Waals surface area contributed by atoms with Crippen molar-refractivity contribution in [1.29, 1.82) is 0 Å². The normalized spacial score (nSPS) is 28.5. The van der Waals surface area contributed by atoms with E-state index in [9.17, 15) is 9.59 Å². The van der Waals surface area contributed by atoms with E-state index in [1.807, 2.05) is 32.6 Å². The van der Waals surface area contributed by atoms with E-state index < -0.39 is 11.1 Å². The molecule has 1 heterocycles. The molecule has 5 heteroatoms. The summed E-state index contributed by atoms with van der Waals surface area (Å²) in [6.07, 6.45) is 4.29. The van der Waals surface area contributed by atoms with Gasteiger partial charge in [-0.25, -0.2) is 0 Å². The fourth-order valence-corrected chi connectivity index (χ4v) is 3.43. The molecule has 5 nitrogen and oxygen atoms in total. The molecule has 1 N–H and O–H groups in total. The molecule has 120 valence electrons. The van der Waals surface area contributed by atoms with Gasteiger partial charge in [-0.2, -0.15) is 0 Å². The van der Waals surface area contributed by atoms with E-state index >= 15 is 0 Å². The number of nitrogens with zero attached hydrogens (tertiary/aromatic N) is 1. The second-order valence-corrected chi connectivity index (χ2v) is 6.75. The molecule has 1 aliphatic heterocycles. The van der Waals surface area contributed by atoms with Crippen LogP contribution in [-0.2, 0) is 14.3 Å². The van der Waals surface area contributed by atoms with Crippen LogP contribution in [0.5, 0.6) is 0 Å². The van der Waals surface area contributed by atoms with Crippen LogP contribution >= 0.6 is 0 Å². The lowest BCUT2D eigenvalue weighted by atomic mass is 9.83. The Kier molecular flexibility index (Phi) is 4.61. The molecule has 1 aliphatic carbocycles. The number of piperazine rings is 1. The minimum atomic E-state index is -0.775. The average Bonchev–Trinajstić information content (AvgIpc) is 2.91. The number of carbonyl (C=O) groups is 2. The molecule has 2 rings (SSSR count). The van der Waals surface area contributed by atoms with E-state index in [4.69, 9.17) is 4.74 Å². The first-order valence-electron chi connectivity index (χ1n) is 8.12. The molecule has 2 aliphatic rings. The van der Waals surface area contributed by atoms with Crippen molar-refractivity contribution >= 4 is 11.8 Å². The lowest BCUT2D eigenvalue weighted by Gasteiger charge is -2.50. The van der Waals surface area contributed by atoms with Gasteiger partial charge in [-0.3, -0.25) is 9.59 Å². The summed E-state index contributed by atoms with van der Waals surface area (Å²) in [5, 5.41) is 2.98. The third kappa shape index (κ3) is 2.80. The molecular weight excluding hydrogens is 268 g/mol. The summed E-state index contributed by atoms with van der Waals surface area (Å²) in [6, 6.07) is 0. The number of ether oxygens (including phenoxy) is 1. The topological polar surface area (TPSA) is 58.6 Å². The smallest absolute Gasteiger partial charge is 0.249 e. The van der Waals surface area contributed by atoms with Crippen molar-refractivity contribution in [2.24, 2.45) is 0 Å². The van der Waals surface area contributed by atoms with E-state index in [2.05, 4.69) is 5.32 Å². The molecule has 1 atom stereocenters. The van der Waals surface area contributed by atoms with E-state index in [1.54, 1.807) is 0 Å². The molecule has 1 unspecified atom stereocenters. The van der Waals surface area contributed by atoms with Gasteiger partial charge in [0.15, 0.2) is 0 Å². The minimum absolute atomic E-state index is 0.0218. The second-order valence-electron chi connectivity index (χ2n) is 6.75. The monoisotopic (exact) mass is 296 g/mol. The first-order chi connectivity index (χ1) is 9.85. The maximum atomic E-state index is 12.9. The Hall–Kier alpha value is -1.10. The number of amides is 2. The van der Waals surface area contributed by atoms with Crippen LogP contribution in [0.4, 0.5) is 0 Å². The van der Waals surface area contributed by atoms with Crippen LogP contribution < -0.4 is 5.32 Å². The van der Waals surface area contributed by atoms with Crippen LogP contribution in [0, 0.1) is 0 Å². The Bertz CT molecular complexity index is 416. The Labute approximate surface area is 127 Å². The third-order valence-electron chi connectivity index (χ3n) is 4.95. The standard InChI is InChI=1S/C16H28N2O3/c1-5-15(4)14(20)18(10-11-21-12(2)3)16(13(19)17-15)8-6-7-9-16/h12H,5-11H2,1-4H3,(H,17,19). The van der Waals surface area contributed by atoms with Gasteiger partial charge >= 0.3 is 0 Å². The van der Waals surface area contributed by atoms with Crippen molar-refractivity contribution in [3.8, 4) is 0 Å². The lowest BCUT2D eigenvalue weighted by molar-refractivity contribution is -0.163. The molecule has 0 aromatic rings. The zero-order valence-corrected chi connectivity index (χ0v) is 13.7. The molecule has 2 fully saturated rings.